The van der Waals surface area contributed by atoms with Crippen molar-refractivity contribution in [3.8, 4) is 5.75 Å². The molecule has 15 heavy (non-hydrogen) atoms. The van der Waals surface area contributed by atoms with Crippen molar-refractivity contribution in [2.24, 2.45) is 0 Å². The first kappa shape index (κ1) is 13.0. The Morgan fingerprint density at radius 2 is 2.27 bits per heavy atom. The molecule has 0 spiro atoms. The van der Waals surface area contributed by atoms with E-state index in [1.54, 1.807) is 6.07 Å². The van der Waals surface area contributed by atoms with E-state index in [9.17, 15) is 4.79 Å². The maximum Gasteiger partial charge on any atom is 0.176 e. The van der Waals surface area contributed by atoms with E-state index in [1.165, 1.54) is 0 Å². The highest BCUT2D eigenvalue weighted by atomic mass is 127. The van der Waals surface area contributed by atoms with Crippen LogP contribution in [0.15, 0.2) is 18.2 Å². The van der Waals surface area contributed by atoms with Gasteiger partial charge in [-0.15, -0.1) is 0 Å². The summed E-state index contributed by atoms with van der Waals surface area (Å²) in [6.07, 6.45) is 0. The second-order valence-electron chi connectivity index (χ2n) is 3.06. The highest BCUT2D eigenvalue weighted by molar-refractivity contribution is 14.1. The predicted molar refractivity (Wildman–Crippen MR) is 73.0 cm³/mol. The minimum Gasteiger partial charge on any atom is -0.493 e. The van der Waals surface area contributed by atoms with E-state index >= 15 is 0 Å². The molecule has 0 aliphatic rings. The average Bonchev–Trinajstić information content (AvgIpc) is 2.20. The zero-order valence-electron chi connectivity index (χ0n) is 8.59. The first-order valence-electron chi connectivity index (χ1n) is 4.67. The van der Waals surface area contributed by atoms with Crippen LogP contribution in [0.3, 0.4) is 0 Å². The van der Waals surface area contributed by atoms with E-state index in [-0.39, 0.29) is 10.6 Å². The predicted octanol–water partition coefficient (Wildman–Crippen LogP) is 3.66. The molecule has 1 unspecified atom stereocenters. The quantitative estimate of drug-likeness (QED) is 0.451. The maximum absolute atomic E-state index is 11.7. The fraction of sp³-hybridized carbons (Fsp3) is 0.364. The first-order chi connectivity index (χ1) is 7.06. The van der Waals surface area contributed by atoms with Gasteiger partial charge in [-0.3, -0.25) is 4.79 Å². The number of halogens is 2. The molecule has 0 aliphatic heterocycles. The van der Waals surface area contributed by atoms with Gasteiger partial charge in [-0.05, 0) is 48.6 Å². The molecule has 1 aromatic rings. The fourth-order valence-corrected chi connectivity index (χ4v) is 1.91. The number of hydrogen-bond acceptors (Lipinski definition) is 2. The normalized spacial score (nSPS) is 12.3. The molecule has 0 saturated heterocycles. The van der Waals surface area contributed by atoms with Gasteiger partial charge in [0.15, 0.2) is 5.78 Å². The van der Waals surface area contributed by atoms with Crippen LogP contribution in [-0.2, 0) is 0 Å². The van der Waals surface area contributed by atoms with Crippen LogP contribution >= 0.6 is 38.5 Å². The lowest BCUT2D eigenvalue weighted by atomic mass is 10.1. The monoisotopic (exact) mass is 382 g/mol. The number of alkyl halides is 1. The Morgan fingerprint density at radius 3 is 2.80 bits per heavy atom. The van der Waals surface area contributed by atoms with E-state index in [4.69, 9.17) is 4.74 Å². The van der Waals surface area contributed by atoms with Crippen LogP contribution in [-0.4, -0.2) is 17.2 Å². The van der Waals surface area contributed by atoms with Crippen LogP contribution < -0.4 is 4.74 Å². The molecule has 82 valence electrons. The third-order valence-electron chi connectivity index (χ3n) is 1.88. The summed E-state index contributed by atoms with van der Waals surface area (Å²) in [5.74, 6) is 0.851. The molecule has 1 atom stereocenters. The molecule has 1 aromatic carbocycles. The van der Waals surface area contributed by atoms with Crippen molar-refractivity contribution >= 4 is 44.3 Å². The van der Waals surface area contributed by atoms with Crippen LogP contribution in [0.5, 0.6) is 5.75 Å². The summed E-state index contributed by atoms with van der Waals surface area (Å²) < 4.78 is 6.45. The Kier molecular flexibility index (Phi) is 5.05. The van der Waals surface area contributed by atoms with Crippen LogP contribution in [0.4, 0.5) is 0 Å². The number of benzene rings is 1. The molecular weight excluding hydrogens is 371 g/mol. The summed E-state index contributed by atoms with van der Waals surface area (Å²) in [6.45, 7) is 4.36. The Morgan fingerprint density at radius 1 is 1.60 bits per heavy atom. The number of carbonyl (C=O) groups excluding carboxylic acids is 1. The van der Waals surface area contributed by atoms with Crippen LogP contribution in [0, 0.1) is 3.57 Å². The summed E-state index contributed by atoms with van der Waals surface area (Å²) in [7, 11) is 0. The molecule has 0 bridgehead atoms. The number of carbonyl (C=O) groups is 1. The number of rotatable bonds is 4. The summed E-state index contributed by atoms with van der Waals surface area (Å²) in [6, 6.07) is 5.52. The van der Waals surface area contributed by atoms with Crippen molar-refractivity contribution in [2.75, 3.05) is 6.61 Å². The van der Waals surface area contributed by atoms with Crippen LogP contribution in [0.25, 0.3) is 0 Å². The maximum atomic E-state index is 11.7. The Balaban J connectivity index is 3.01. The third kappa shape index (κ3) is 3.45. The zero-order valence-corrected chi connectivity index (χ0v) is 12.3. The minimum absolute atomic E-state index is 0.0763. The lowest BCUT2D eigenvalue weighted by Crippen LogP contribution is -2.10. The molecule has 0 saturated carbocycles. The highest BCUT2D eigenvalue weighted by Gasteiger charge is 2.13. The molecule has 2 nitrogen and oxygen atoms in total. The van der Waals surface area contributed by atoms with Crippen molar-refractivity contribution in [1.29, 1.82) is 0 Å². The Labute approximate surface area is 112 Å². The van der Waals surface area contributed by atoms with E-state index in [2.05, 4.69) is 38.5 Å². The zero-order chi connectivity index (χ0) is 11.4. The number of ether oxygens (including phenoxy) is 1. The molecule has 4 heteroatoms. The van der Waals surface area contributed by atoms with Gasteiger partial charge in [-0.2, -0.15) is 0 Å². The summed E-state index contributed by atoms with van der Waals surface area (Å²) in [5.41, 5.74) is 0.684. The van der Waals surface area contributed by atoms with Gasteiger partial charge in [0, 0.05) is 5.56 Å². The van der Waals surface area contributed by atoms with E-state index in [0.717, 1.165) is 9.32 Å². The Hall–Kier alpha value is -0.100. The van der Waals surface area contributed by atoms with Gasteiger partial charge in [-0.1, -0.05) is 22.0 Å². The molecule has 0 fully saturated rings. The van der Waals surface area contributed by atoms with Gasteiger partial charge in [-0.25, -0.2) is 0 Å². The van der Waals surface area contributed by atoms with Crippen LogP contribution in [0.2, 0.25) is 0 Å². The molecule has 0 aliphatic carbocycles. The standard InChI is InChI=1S/C11H12BrIO2/c1-3-15-10-6-8(4-5-9(10)13)11(14)7(2)12/h4-7H,3H2,1-2H3. The van der Waals surface area contributed by atoms with Crippen molar-refractivity contribution in [3.63, 3.8) is 0 Å². The van der Waals surface area contributed by atoms with E-state index in [0.29, 0.717) is 12.2 Å². The molecule has 1 rings (SSSR count). The van der Waals surface area contributed by atoms with E-state index < -0.39 is 0 Å². The van der Waals surface area contributed by atoms with Gasteiger partial charge in [0.2, 0.25) is 0 Å². The SMILES string of the molecule is CCOc1cc(C(=O)C(C)Br)ccc1I. The molecular formula is C11H12BrIO2. The average molecular weight is 383 g/mol. The van der Waals surface area contributed by atoms with Gasteiger partial charge in [0.1, 0.15) is 5.75 Å². The van der Waals surface area contributed by atoms with Gasteiger partial charge in [0.05, 0.1) is 15.0 Å². The van der Waals surface area contributed by atoms with Gasteiger partial charge in [0.25, 0.3) is 0 Å². The lowest BCUT2D eigenvalue weighted by molar-refractivity contribution is 0.0995. The lowest BCUT2D eigenvalue weighted by Gasteiger charge is -2.08. The molecule has 0 radical (unpaired) electrons. The summed E-state index contributed by atoms with van der Waals surface area (Å²) in [5, 5.41) is 0. The summed E-state index contributed by atoms with van der Waals surface area (Å²) in [4.78, 5) is 11.5. The van der Waals surface area contributed by atoms with Gasteiger partial charge >= 0.3 is 0 Å². The highest BCUT2D eigenvalue weighted by Crippen LogP contribution is 2.23. The third-order valence-corrected chi connectivity index (χ3v) is 3.18. The number of ketones is 1. The fourth-order valence-electron chi connectivity index (χ4n) is 1.15. The van der Waals surface area contributed by atoms with Crippen molar-refractivity contribution < 1.29 is 9.53 Å². The molecule has 0 heterocycles. The number of Topliss-reactive ketones (excluding diaryl/α,β-unsaturated/α-hetero) is 1. The summed E-state index contributed by atoms with van der Waals surface area (Å²) >= 11 is 5.46. The second kappa shape index (κ2) is 5.84. The topological polar surface area (TPSA) is 26.3 Å². The molecule has 0 aromatic heterocycles. The minimum atomic E-state index is -0.160. The number of hydrogen-bond donors (Lipinski definition) is 0. The van der Waals surface area contributed by atoms with Crippen molar-refractivity contribution in [1.82, 2.24) is 0 Å². The largest absolute Gasteiger partial charge is 0.493 e. The smallest absolute Gasteiger partial charge is 0.176 e. The van der Waals surface area contributed by atoms with Crippen LogP contribution in [0.1, 0.15) is 24.2 Å². The van der Waals surface area contributed by atoms with Crippen molar-refractivity contribution in [2.45, 2.75) is 18.7 Å². The second-order valence-corrected chi connectivity index (χ2v) is 5.59. The first-order valence-corrected chi connectivity index (χ1v) is 6.66. The van der Waals surface area contributed by atoms with Gasteiger partial charge < -0.3 is 4.74 Å². The molecule has 0 amide bonds. The Bertz CT molecular complexity index is 364. The molecule has 0 N–H and O–H groups in total. The van der Waals surface area contributed by atoms with Crippen molar-refractivity contribution in [3.05, 3.63) is 27.3 Å². The van der Waals surface area contributed by atoms with E-state index in [1.807, 2.05) is 26.0 Å².